The topological polar surface area (TPSA) is 46.3 Å². The molecule has 0 bridgehead atoms. The molecule has 0 aromatic carbocycles. The maximum Gasteiger partial charge on any atom is 0.266 e. The fourth-order valence-corrected chi connectivity index (χ4v) is 2.52. The number of amides is 1. The molecule has 1 amide bonds. The number of carbonyl (C=O) groups excluding carboxylic acids is 1. The number of hydrogen-bond donors (Lipinski definition) is 1. The van der Waals surface area contributed by atoms with Gasteiger partial charge >= 0.3 is 0 Å². The van der Waals surface area contributed by atoms with Crippen LogP contribution in [-0.2, 0) is 0 Å². The van der Waals surface area contributed by atoms with E-state index in [0.29, 0.717) is 10.6 Å². The molecule has 0 spiro atoms. The summed E-state index contributed by atoms with van der Waals surface area (Å²) in [5.41, 5.74) is 6.40. The maximum absolute atomic E-state index is 12.3. The van der Waals surface area contributed by atoms with Crippen LogP contribution in [0.4, 0.5) is 5.69 Å². The Labute approximate surface area is 108 Å². The van der Waals surface area contributed by atoms with Crippen molar-refractivity contribution in [3.63, 3.8) is 0 Å². The highest BCUT2D eigenvalue weighted by atomic mass is 32.1. The lowest BCUT2D eigenvalue weighted by atomic mass is 10.2. The van der Waals surface area contributed by atoms with Crippen molar-refractivity contribution in [2.75, 3.05) is 12.3 Å². The van der Waals surface area contributed by atoms with E-state index < -0.39 is 0 Å². The van der Waals surface area contributed by atoms with Crippen molar-refractivity contribution in [2.24, 2.45) is 0 Å². The van der Waals surface area contributed by atoms with Crippen molar-refractivity contribution in [3.05, 3.63) is 16.3 Å². The lowest BCUT2D eigenvalue weighted by Crippen LogP contribution is -2.37. The Hall–Kier alpha value is -1.03. The van der Waals surface area contributed by atoms with E-state index in [1.807, 2.05) is 24.1 Å². The van der Waals surface area contributed by atoms with E-state index in [1.165, 1.54) is 17.8 Å². The van der Waals surface area contributed by atoms with Gasteiger partial charge in [-0.25, -0.2) is 0 Å². The minimum atomic E-state index is 0.0728. The van der Waals surface area contributed by atoms with E-state index in [0.717, 1.165) is 19.4 Å². The Bertz CT molecular complexity index is 360. The van der Waals surface area contributed by atoms with Crippen LogP contribution in [0.1, 0.15) is 49.7 Å². The fourth-order valence-electron chi connectivity index (χ4n) is 1.75. The third-order valence-electron chi connectivity index (χ3n) is 2.78. The van der Waals surface area contributed by atoms with Crippen LogP contribution in [0, 0.1) is 0 Å². The molecule has 0 atom stereocenters. The zero-order valence-electron chi connectivity index (χ0n) is 10.9. The Kier molecular flexibility index (Phi) is 5.48. The number of rotatable bonds is 6. The predicted octanol–water partition coefficient (Wildman–Crippen LogP) is 3.37. The average molecular weight is 254 g/mol. The summed E-state index contributed by atoms with van der Waals surface area (Å²) in [4.78, 5) is 14.9. The monoisotopic (exact) mass is 254 g/mol. The summed E-state index contributed by atoms with van der Waals surface area (Å²) >= 11 is 1.43. The van der Waals surface area contributed by atoms with Crippen molar-refractivity contribution in [2.45, 2.75) is 46.1 Å². The number of thiophene rings is 1. The molecule has 1 heterocycles. The zero-order valence-corrected chi connectivity index (χ0v) is 11.7. The van der Waals surface area contributed by atoms with Crippen LogP contribution in [0.2, 0.25) is 0 Å². The molecule has 0 fully saturated rings. The first-order valence-electron chi connectivity index (χ1n) is 6.21. The highest BCUT2D eigenvalue weighted by Gasteiger charge is 2.21. The molecule has 1 aromatic rings. The quantitative estimate of drug-likeness (QED) is 0.791. The number of carbonyl (C=O) groups is 1. The summed E-state index contributed by atoms with van der Waals surface area (Å²) < 4.78 is 0. The predicted molar refractivity (Wildman–Crippen MR) is 74.4 cm³/mol. The molecule has 96 valence electrons. The Morgan fingerprint density at radius 1 is 1.47 bits per heavy atom. The summed E-state index contributed by atoms with van der Waals surface area (Å²) in [6.45, 7) is 7.09. The van der Waals surface area contributed by atoms with Gasteiger partial charge in [0.05, 0.1) is 5.69 Å². The second-order valence-electron chi connectivity index (χ2n) is 4.50. The van der Waals surface area contributed by atoms with Gasteiger partial charge < -0.3 is 10.6 Å². The molecule has 1 aromatic heterocycles. The molecule has 0 unspecified atom stereocenters. The van der Waals surface area contributed by atoms with Gasteiger partial charge in [-0.05, 0) is 31.7 Å². The van der Waals surface area contributed by atoms with Gasteiger partial charge in [0, 0.05) is 12.6 Å². The number of anilines is 1. The van der Waals surface area contributed by atoms with Gasteiger partial charge in [0.2, 0.25) is 0 Å². The van der Waals surface area contributed by atoms with E-state index in [4.69, 9.17) is 5.73 Å². The first kappa shape index (κ1) is 14.0. The lowest BCUT2D eigenvalue weighted by Gasteiger charge is -2.26. The fraction of sp³-hybridized carbons (Fsp3) is 0.615. The second-order valence-corrected chi connectivity index (χ2v) is 5.42. The number of nitrogen functional groups attached to an aromatic ring is 1. The Morgan fingerprint density at radius 3 is 2.65 bits per heavy atom. The average Bonchev–Trinajstić information content (AvgIpc) is 2.69. The molecule has 0 aliphatic heterocycles. The van der Waals surface area contributed by atoms with Crippen LogP contribution in [0.3, 0.4) is 0 Å². The molecule has 0 aliphatic carbocycles. The van der Waals surface area contributed by atoms with E-state index in [1.54, 1.807) is 6.07 Å². The Balaban J connectivity index is 2.71. The van der Waals surface area contributed by atoms with Crippen molar-refractivity contribution < 1.29 is 4.79 Å². The summed E-state index contributed by atoms with van der Waals surface area (Å²) in [6, 6.07) is 2.02. The van der Waals surface area contributed by atoms with Crippen LogP contribution in [-0.4, -0.2) is 23.4 Å². The zero-order chi connectivity index (χ0) is 12.8. The van der Waals surface area contributed by atoms with Crippen LogP contribution in [0.5, 0.6) is 0 Å². The van der Waals surface area contributed by atoms with E-state index in [9.17, 15) is 4.79 Å². The molecule has 1 rings (SSSR count). The molecule has 0 saturated heterocycles. The maximum atomic E-state index is 12.3. The van der Waals surface area contributed by atoms with Gasteiger partial charge in [0.15, 0.2) is 0 Å². The SMILES string of the molecule is CCCCCN(C(=O)c1sccc1N)C(C)C. The van der Waals surface area contributed by atoms with E-state index in [2.05, 4.69) is 6.92 Å². The summed E-state index contributed by atoms with van der Waals surface area (Å²) in [5.74, 6) is 0.0728. The molecular formula is C13H22N2OS. The van der Waals surface area contributed by atoms with Crippen LogP contribution < -0.4 is 5.73 Å². The standard InChI is InChI=1S/C13H22N2OS/c1-4-5-6-8-15(10(2)3)13(16)12-11(14)7-9-17-12/h7,9-10H,4-6,8,14H2,1-3H3. The van der Waals surface area contributed by atoms with Gasteiger partial charge in [0.1, 0.15) is 4.88 Å². The largest absolute Gasteiger partial charge is 0.397 e. The molecule has 0 aliphatic rings. The van der Waals surface area contributed by atoms with Gasteiger partial charge in [-0.2, -0.15) is 0 Å². The number of hydrogen-bond acceptors (Lipinski definition) is 3. The molecule has 0 saturated carbocycles. The highest BCUT2D eigenvalue weighted by Crippen LogP contribution is 2.22. The molecule has 17 heavy (non-hydrogen) atoms. The van der Waals surface area contributed by atoms with Crippen molar-refractivity contribution in [1.82, 2.24) is 4.90 Å². The third kappa shape index (κ3) is 3.73. The minimum absolute atomic E-state index is 0.0728. The molecule has 0 radical (unpaired) electrons. The van der Waals surface area contributed by atoms with Crippen molar-refractivity contribution in [3.8, 4) is 0 Å². The van der Waals surface area contributed by atoms with E-state index in [-0.39, 0.29) is 11.9 Å². The van der Waals surface area contributed by atoms with Gasteiger partial charge in [0.25, 0.3) is 5.91 Å². The summed E-state index contributed by atoms with van der Waals surface area (Å²) in [6.07, 6.45) is 3.39. The number of nitrogens with two attached hydrogens (primary N) is 1. The van der Waals surface area contributed by atoms with Crippen LogP contribution in [0.25, 0.3) is 0 Å². The molecular weight excluding hydrogens is 232 g/mol. The smallest absolute Gasteiger partial charge is 0.266 e. The number of unbranched alkanes of at least 4 members (excludes halogenated alkanes) is 2. The van der Waals surface area contributed by atoms with Crippen LogP contribution >= 0.6 is 11.3 Å². The van der Waals surface area contributed by atoms with E-state index >= 15 is 0 Å². The van der Waals surface area contributed by atoms with Gasteiger partial charge in [-0.1, -0.05) is 19.8 Å². The molecule has 3 nitrogen and oxygen atoms in total. The molecule has 4 heteroatoms. The lowest BCUT2D eigenvalue weighted by molar-refractivity contribution is 0.0708. The van der Waals surface area contributed by atoms with Crippen molar-refractivity contribution in [1.29, 1.82) is 0 Å². The van der Waals surface area contributed by atoms with Gasteiger partial charge in [-0.3, -0.25) is 4.79 Å². The second kappa shape index (κ2) is 6.64. The minimum Gasteiger partial charge on any atom is -0.397 e. The van der Waals surface area contributed by atoms with Crippen LogP contribution in [0.15, 0.2) is 11.4 Å². The number of nitrogens with zero attached hydrogens (tertiary/aromatic N) is 1. The first-order chi connectivity index (χ1) is 8.07. The normalized spacial score (nSPS) is 10.8. The molecule has 2 N–H and O–H groups in total. The third-order valence-corrected chi connectivity index (χ3v) is 3.69. The summed E-state index contributed by atoms with van der Waals surface area (Å²) in [7, 11) is 0. The van der Waals surface area contributed by atoms with Crippen molar-refractivity contribution >= 4 is 22.9 Å². The summed E-state index contributed by atoms with van der Waals surface area (Å²) in [5, 5.41) is 1.87. The van der Waals surface area contributed by atoms with Gasteiger partial charge in [-0.15, -0.1) is 11.3 Å². The highest BCUT2D eigenvalue weighted by molar-refractivity contribution is 7.12. The Morgan fingerprint density at radius 2 is 2.18 bits per heavy atom. The first-order valence-corrected chi connectivity index (χ1v) is 7.09.